The maximum absolute atomic E-state index is 12.4. The second-order valence-electron chi connectivity index (χ2n) is 6.51. The molecule has 0 aliphatic carbocycles. The molecule has 1 aromatic carbocycles. The molecule has 1 fully saturated rings. The van der Waals surface area contributed by atoms with Gasteiger partial charge in [0.15, 0.2) is 11.5 Å². The molecule has 0 aromatic heterocycles. The number of carbonyl (C=O) groups excluding carboxylic acids is 2. The van der Waals surface area contributed by atoms with Gasteiger partial charge >= 0.3 is 0 Å². The van der Waals surface area contributed by atoms with Crippen molar-refractivity contribution < 1.29 is 19.1 Å². The molecule has 0 bridgehead atoms. The number of methoxy groups -OCH3 is 1. The Hall–Kier alpha value is -2.50. The van der Waals surface area contributed by atoms with Crippen LogP contribution in [-0.2, 0) is 9.59 Å². The summed E-state index contributed by atoms with van der Waals surface area (Å²) in [4.78, 5) is 27.8. The van der Waals surface area contributed by atoms with Crippen molar-refractivity contribution in [2.24, 2.45) is 5.92 Å². The number of ether oxygens (including phenoxy) is 2. The molecular weight excluding hydrogens is 332 g/mol. The van der Waals surface area contributed by atoms with E-state index in [1.54, 1.807) is 43.2 Å². The minimum absolute atomic E-state index is 0.0216. The molecule has 0 unspecified atom stereocenters. The average molecular weight is 360 g/mol. The van der Waals surface area contributed by atoms with Crippen molar-refractivity contribution in [2.75, 3.05) is 40.9 Å². The largest absolute Gasteiger partial charge is 0.493 e. The fourth-order valence-corrected chi connectivity index (χ4v) is 3.05. The van der Waals surface area contributed by atoms with Gasteiger partial charge in [0.2, 0.25) is 11.8 Å². The maximum atomic E-state index is 12.4. The highest BCUT2D eigenvalue weighted by atomic mass is 16.5. The lowest BCUT2D eigenvalue weighted by Crippen LogP contribution is -2.42. The van der Waals surface area contributed by atoms with Crippen LogP contribution < -0.4 is 9.47 Å². The summed E-state index contributed by atoms with van der Waals surface area (Å²) in [5.74, 6) is 1.47. The highest BCUT2D eigenvalue weighted by molar-refractivity contribution is 5.92. The molecule has 6 heteroatoms. The van der Waals surface area contributed by atoms with Crippen molar-refractivity contribution in [1.82, 2.24) is 9.80 Å². The molecule has 2 rings (SSSR count). The van der Waals surface area contributed by atoms with E-state index in [1.165, 1.54) is 0 Å². The van der Waals surface area contributed by atoms with E-state index in [9.17, 15) is 9.59 Å². The molecule has 142 valence electrons. The number of hydrogen-bond donors (Lipinski definition) is 0. The summed E-state index contributed by atoms with van der Waals surface area (Å²) in [7, 11) is 5.14. The summed E-state index contributed by atoms with van der Waals surface area (Å²) in [6.45, 7) is 3.68. The maximum Gasteiger partial charge on any atom is 0.246 e. The zero-order valence-corrected chi connectivity index (χ0v) is 16.0. The minimum Gasteiger partial charge on any atom is -0.493 e. The molecule has 1 saturated heterocycles. The lowest BCUT2D eigenvalue weighted by molar-refractivity contribution is -0.137. The summed E-state index contributed by atoms with van der Waals surface area (Å²) in [5, 5.41) is 0. The van der Waals surface area contributed by atoms with Crippen molar-refractivity contribution in [3.63, 3.8) is 0 Å². The monoisotopic (exact) mass is 360 g/mol. The van der Waals surface area contributed by atoms with Crippen molar-refractivity contribution in [2.45, 2.75) is 19.8 Å². The molecule has 26 heavy (non-hydrogen) atoms. The molecule has 2 amide bonds. The van der Waals surface area contributed by atoms with Crippen LogP contribution in [-0.4, -0.2) is 62.5 Å². The van der Waals surface area contributed by atoms with Crippen LogP contribution in [0, 0.1) is 5.92 Å². The van der Waals surface area contributed by atoms with Gasteiger partial charge in [-0.05, 0) is 43.5 Å². The lowest BCUT2D eigenvalue weighted by Gasteiger charge is -2.31. The number of carbonyl (C=O) groups is 2. The van der Waals surface area contributed by atoms with Gasteiger partial charge in [0.1, 0.15) is 0 Å². The Morgan fingerprint density at radius 3 is 2.50 bits per heavy atom. The van der Waals surface area contributed by atoms with Gasteiger partial charge in [-0.15, -0.1) is 0 Å². The summed E-state index contributed by atoms with van der Waals surface area (Å²) in [5.41, 5.74) is 0.875. The Morgan fingerprint density at radius 1 is 1.23 bits per heavy atom. The fraction of sp³-hybridized carbons (Fsp3) is 0.500. The third-order valence-electron chi connectivity index (χ3n) is 4.50. The molecule has 1 aliphatic rings. The topological polar surface area (TPSA) is 59.1 Å². The average Bonchev–Trinajstić information content (AvgIpc) is 2.66. The third-order valence-corrected chi connectivity index (χ3v) is 4.50. The Bertz CT molecular complexity index is 662. The molecule has 0 saturated carbocycles. The summed E-state index contributed by atoms with van der Waals surface area (Å²) in [6, 6.07) is 5.56. The third kappa shape index (κ3) is 5.00. The Labute approximate surface area is 155 Å². The first-order valence-electron chi connectivity index (χ1n) is 8.95. The van der Waals surface area contributed by atoms with E-state index in [0.29, 0.717) is 44.0 Å². The van der Waals surface area contributed by atoms with Crippen molar-refractivity contribution >= 4 is 17.9 Å². The second kappa shape index (κ2) is 9.27. The number of likely N-dealkylation sites (tertiary alicyclic amines) is 1. The molecule has 6 nitrogen and oxygen atoms in total. The van der Waals surface area contributed by atoms with Gasteiger partial charge in [0.05, 0.1) is 13.7 Å². The Kier molecular flexibility index (Phi) is 7.06. The number of hydrogen-bond acceptors (Lipinski definition) is 4. The molecule has 0 N–H and O–H groups in total. The van der Waals surface area contributed by atoms with E-state index in [0.717, 1.165) is 5.56 Å². The highest BCUT2D eigenvalue weighted by Gasteiger charge is 2.27. The molecule has 1 aromatic rings. The number of amides is 2. The smallest absolute Gasteiger partial charge is 0.246 e. The van der Waals surface area contributed by atoms with E-state index >= 15 is 0 Å². The lowest BCUT2D eigenvalue weighted by atomic mass is 9.95. The van der Waals surface area contributed by atoms with E-state index in [4.69, 9.17) is 9.47 Å². The minimum atomic E-state index is -0.0328. The molecule has 0 radical (unpaired) electrons. The zero-order chi connectivity index (χ0) is 19.1. The summed E-state index contributed by atoms with van der Waals surface area (Å²) >= 11 is 0. The quantitative estimate of drug-likeness (QED) is 0.731. The van der Waals surface area contributed by atoms with E-state index in [-0.39, 0.29) is 17.7 Å². The van der Waals surface area contributed by atoms with Crippen molar-refractivity contribution in [1.29, 1.82) is 0 Å². The van der Waals surface area contributed by atoms with Crippen LogP contribution in [0.1, 0.15) is 25.3 Å². The van der Waals surface area contributed by atoms with Gasteiger partial charge in [0, 0.05) is 39.2 Å². The molecule has 1 aliphatic heterocycles. The molecule has 0 atom stereocenters. The van der Waals surface area contributed by atoms with E-state index in [2.05, 4.69) is 0 Å². The van der Waals surface area contributed by atoms with Gasteiger partial charge in [-0.1, -0.05) is 6.07 Å². The van der Waals surface area contributed by atoms with Gasteiger partial charge in [-0.3, -0.25) is 9.59 Å². The normalized spacial score (nSPS) is 15.2. The number of benzene rings is 1. The highest BCUT2D eigenvalue weighted by Crippen LogP contribution is 2.28. The van der Waals surface area contributed by atoms with E-state index in [1.807, 2.05) is 25.1 Å². The van der Waals surface area contributed by atoms with Gasteiger partial charge < -0.3 is 19.3 Å². The van der Waals surface area contributed by atoms with Gasteiger partial charge in [-0.25, -0.2) is 0 Å². The van der Waals surface area contributed by atoms with Crippen LogP contribution in [0.25, 0.3) is 6.08 Å². The standard InChI is InChI=1S/C20H28N2O4/c1-5-26-18-14-15(6-8-17(18)25-4)7-9-19(23)22-12-10-16(11-13-22)20(24)21(2)3/h6-9,14,16H,5,10-13H2,1-4H3. The van der Waals surface area contributed by atoms with Gasteiger partial charge in [-0.2, -0.15) is 0 Å². The predicted octanol–water partition coefficient (Wildman–Crippen LogP) is 2.43. The van der Waals surface area contributed by atoms with Crippen LogP contribution in [0.5, 0.6) is 11.5 Å². The van der Waals surface area contributed by atoms with Crippen LogP contribution in [0.15, 0.2) is 24.3 Å². The van der Waals surface area contributed by atoms with Crippen molar-refractivity contribution in [3.8, 4) is 11.5 Å². The molecule has 1 heterocycles. The second-order valence-corrected chi connectivity index (χ2v) is 6.51. The number of rotatable bonds is 6. The molecular formula is C20H28N2O4. The van der Waals surface area contributed by atoms with Gasteiger partial charge in [0.25, 0.3) is 0 Å². The predicted molar refractivity (Wildman–Crippen MR) is 101 cm³/mol. The fourth-order valence-electron chi connectivity index (χ4n) is 3.05. The Morgan fingerprint density at radius 2 is 1.92 bits per heavy atom. The SMILES string of the molecule is CCOc1cc(C=CC(=O)N2CCC(C(=O)N(C)C)CC2)ccc1OC. The van der Waals surface area contributed by atoms with Crippen LogP contribution in [0.2, 0.25) is 0 Å². The van der Waals surface area contributed by atoms with Crippen LogP contribution >= 0.6 is 0 Å². The van der Waals surface area contributed by atoms with E-state index < -0.39 is 0 Å². The van der Waals surface area contributed by atoms with Crippen LogP contribution in [0.4, 0.5) is 0 Å². The first kappa shape index (κ1) is 19.8. The number of piperidine rings is 1. The Balaban J connectivity index is 1.96. The summed E-state index contributed by atoms with van der Waals surface area (Å²) < 4.78 is 10.8. The summed E-state index contributed by atoms with van der Waals surface area (Å²) in [6.07, 6.45) is 4.79. The van der Waals surface area contributed by atoms with Crippen LogP contribution in [0.3, 0.4) is 0 Å². The number of nitrogens with zero attached hydrogens (tertiary/aromatic N) is 2. The first-order chi connectivity index (χ1) is 12.5. The first-order valence-corrected chi connectivity index (χ1v) is 8.95. The zero-order valence-electron chi connectivity index (χ0n) is 16.0. The van der Waals surface area contributed by atoms with Crippen molar-refractivity contribution in [3.05, 3.63) is 29.8 Å². The molecule has 0 spiro atoms.